The number of hydrogen-bond acceptors (Lipinski definition) is 5. The molecule has 0 bridgehead atoms. The predicted octanol–water partition coefficient (Wildman–Crippen LogP) is 1.34. The summed E-state index contributed by atoms with van der Waals surface area (Å²) in [6, 6.07) is 0. The monoisotopic (exact) mass is 269 g/mol. The van der Waals surface area contributed by atoms with Crippen molar-refractivity contribution in [1.82, 2.24) is 14.9 Å². The van der Waals surface area contributed by atoms with E-state index >= 15 is 0 Å². The van der Waals surface area contributed by atoms with Crippen LogP contribution in [0.5, 0.6) is 0 Å². The molecule has 1 aromatic rings. The molecule has 0 spiro atoms. The van der Waals surface area contributed by atoms with Gasteiger partial charge >= 0.3 is 0 Å². The largest absolute Gasteiger partial charge is 0.391 e. The molecule has 0 aliphatic heterocycles. The van der Waals surface area contributed by atoms with Crippen molar-refractivity contribution < 1.29 is 9.90 Å². The van der Waals surface area contributed by atoms with Gasteiger partial charge in [0.25, 0.3) is 5.91 Å². The number of nitrogens with zero attached hydrogens (tertiary/aromatic N) is 2. The first-order valence-corrected chi connectivity index (χ1v) is 6.96. The molecular weight excluding hydrogens is 250 g/mol. The lowest BCUT2D eigenvalue weighted by molar-refractivity contribution is 0.0903. The highest BCUT2D eigenvalue weighted by atomic mass is 32.1. The van der Waals surface area contributed by atoms with Crippen molar-refractivity contribution in [3.05, 3.63) is 10.6 Å². The molecule has 1 fully saturated rings. The highest BCUT2D eigenvalue weighted by Gasteiger charge is 2.31. The summed E-state index contributed by atoms with van der Waals surface area (Å²) in [7, 11) is 0. The van der Waals surface area contributed by atoms with E-state index in [-0.39, 0.29) is 11.3 Å². The van der Waals surface area contributed by atoms with Crippen LogP contribution < -0.4 is 5.32 Å². The summed E-state index contributed by atoms with van der Waals surface area (Å²) in [5.41, 5.74) is 0.514. The number of aliphatic hydroxyl groups is 1. The Morgan fingerprint density at radius 2 is 2.22 bits per heavy atom. The molecule has 2 rings (SSSR count). The number of aromatic nitrogens is 2. The fourth-order valence-electron chi connectivity index (χ4n) is 1.76. The molecule has 6 heteroatoms. The van der Waals surface area contributed by atoms with E-state index in [0.717, 1.165) is 24.4 Å². The van der Waals surface area contributed by atoms with Crippen molar-refractivity contribution in [2.45, 2.75) is 45.1 Å². The molecule has 1 atom stereocenters. The summed E-state index contributed by atoms with van der Waals surface area (Å²) in [5, 5.41) is 16.5. The number of hydrogen-bond donors (Lipinski definition) is 2. The number of carbonyl (C=O) groups excluding carboxylic acids is 1. The van der Waals surface area contributed by atoms with Crippen molar-refractivity contribution in [2.24, 2.45) is 5.92 Å². The average molecular weight is 269 g/mol. The lowest BCUT2D eigenvalue weighted by Gasteiger charge is -2.16. The van der Waals surface area contributed by atoms with Crippen molar-refractivity contribution >= 4 is 17.4 Å². The smallest absolute Gasteiger partial charge is 0.265 e. The molecule has 1 aliphatic carbocycles. The van der Waals surface area contributed by atoms with Gasteiger partial charge in [-0.15, -0.1) is 5.10 Å². The van der Waals surface area contributed by atoms with Gasteiger partial charge in [0.1, 0.15) is 4.88 Å². The van der Waals surface area contributed by atoms with Gasteiger partial charge in [0, 0.05) is 12.0 Å². The predicted molar refractivity (Wildman–Crippen MR) is 69.7 cm³/mol. The van der Waals surface area contributed by atoms with E-state index in [4.69, 9.17) is 0 Å². The molecule has 1 unspecified atom stereocenters. The summed E-state index contributed by atoms with van der Waals surface area (Å²) >= 11 is 1.11. The van der Waals surface area contributed by atoms with Gasteiger partial charge in [-0.05, 0) is 30.3 Å². The standard InChI is InChI=1S/C12H19N3O2S/c1-12(2,3)10-9(18-15-14-10)11(17)13-6-8(16)7-4-5-7/h7-8,16H,4-6H2,1-3H3,(H,13,17). The van der Waals surface area contributed by atoms with Crippen LogP contribution in [0.2, 0.25) is 0 Å². The minimum atomic E-state index is -0.423. The third-order valence-electron chi connectivity index (χ3n) is 3.04. The van der Waals surface area contributed by atoms with Crippen molar-refractivity contribution in [3.8, 4) is 0 Å². The fourth-order valence-corrected chi connectivity index (χ4v) is 2.55. The molecule has 1 saturated carbocycles. The molecule has 1 amide bonds. The van der Waals surface area contributed by atoms with Crippen LogP contribution in [0, 0.1) is 5.92 Å². The first kappa shape index (κ1) is 13.4. The SMILES string of the molecule is CC(C)(C)c1nnsc1C(=O)NCC(O)C1CC1. The van der Waals surface area contributed by atoms with Crippen LogP contribution in [0.25, 0.3) is 0 Å². The quantitative estimate of drug-likeness (QED) is 0.865. The van der Waals surface area contributed by atoms with Gasteiger partial charge < -0.3 is 10.4 Å². The second-order valence-electron chi connectivity index (χ2n) is 5.82. The molecule has 2 N–H and O–H groups in total. The summed E-state index contributed by atoms with van der Waals surface area (Å²) in [4.78, 5) is 12.6. The second-order valence-corrected chi connectivity index (χ2v) is 6.57. The molecule has 100 valence electrons. The Labute approximate surface area is 111 Å². The molecule has 0 aromatic carbocycles. The summed E-state index contributed by atoms with van der Waals surface area (Å²) in [5.74, 6) is 0.182. The summed E-state index contributed by atoms with van der Waals surface area (Å²) in [6.07, 6.45) is 1.70. The molecule has 1 aromatic heterocycles. The van der Waals surface area contributed by atoms with Crippen LogP contribution in [0.4, 0.5) is 0 Å². The van der Waals surface area contributed by atoms with Gasteiger partial charge in [-0.3, -0.25) is 4.79 Å². The molecule has 18 heavy (non-hydrogen) atoms. The van der Waals surface area contributed by atoms with Crippen LogP contribution in [-0.2, 0) is 5.41 Å². The van der Waals surface area contributed by atoms with E-state index in [1.807, 2.05) is 20.8 Å². The first-order chi connectivity index (χ1) is 8.39. The number of rotatable bonds is 4. The van der Waals surface area contributed by atoms with Crippen LogP contribution >= 0.6 is 11.5 Å². The van der Waals surface area contributed by atoms with Gasteiger partial charge in [0.15, 0.2) is 0 Å². The maximum Gasteiger partial charge on any atom is 0.265 e. The zero-order valence-corrected chi connectivity index (χ0v) is 11.8. The van der Waals surface area contributed by atoms with E-state index in [2.05, 4.69) is 14.9 Å². The molecular formula is C12H19N3O2S. The first-order valence-electron chi connectivity index (χ1n) is 6.18. The Kier molecular flexibility index (Phi) is 3.68. The van der Waals surface area contributed by atoms with E-state index in [1.165, 1.54) is 0 Å². The van der Waals surface area contributed by atoms with Gasteiger partial charge in [-0.25, -0.2) is 0 Å². The van der Waals surface area contributed by atoms with Gasteiger partial charge in [-0.2, -0.15) is 0 Å². The zero-order valence-electron chi connectivity index (χ0n) is 10.9. The Balaban J connectivity index is 1.98. The highest BCUT2D eigenvalue weighted by molar-refractivity contribution is 7.08. The minimum absolute atomic E-state index is 0.186. The van der Waals surface area contributed by atoms with Crippen LogP contribution in [0.1, 0.15) is 49.0 Å². The van der Waals surface area contributed by atoms with Gasteiger partial charge in [0.2, 0.25) is 0 Å². The molecule has 5 nitrogen and oxygen atoms in total. The Bertz CT molecular complexity index is 435. The molecule has 0 saturated heterocycles. The topological polar surface area (TPSA) is 75.1 Å². The fraction of sp³-hybridized carbons (Fsp3) is 0.750. The third-order valence-corrected chi connectivity index (χ3v) is 3.77. The highest BCUT2D eigenvalue weighted by Crippen LogP contribution is 2.32. The Hall–Kier alpha value is -1.01. The molecule has 1 aliphatic rings. The lowest BCUT2D eigenvalue weighted by Crippen LogP contribution is -2.34. The van der Waals surface area contributed by atoms with Crippen LogP contribution in [0.3, 0.4) is 0 Å². The van der Waals surface area contributed by atoms with E-state index in [0.29, 0.717) is 23.0 Å². The summed E-state index contributed by atoms with van der Waals surface area (Å²) in [6.45, 7) is 6.31. The lowest BCUT2D eigenvalue weighted by atomic mass is 9.91. The van der Waals surface area contributed by atoms with E-state index in [1.54, 1.807) is 0 Å². The van der Waals surface area contributed by atoms with Crippen molar-refractivity contribution in [3.63, 3.8) is 0 Å². The zero-order chi connectivity index (χ0) is 13.3. The van der Waals surface area contributed by atoms with Crippen molar-refractivity contribution in [1.29, 1.82) is 0 Å². The Morgan fingerprint density at radius 3 is 2.78 bits per heavy atom. The Morgan fingerprint density at radius 1 is 1.56 bits per heavy atom. The number of nitrogens with one attached hydrogen (secondary N) is 1. The average Bonchev–Trinajstić information content (AvgIpc) is 3.00. The van der Waals surface area contributed by atoms with Crippen molar-refractivity contribution in [2.75, 3.05) is 6.54 Å². The van der Waals surface area contributed by atoms with E-state index < -0.39 is 6.10 Å². The van der Waals surface area contributed by atoms with Gasteiger partial charge in [-0.1, -0.05) is 25.3 Å². The maximum atomic E-state index is 12.0. The number of aliphatic hydroxyl groups excluding tert-OH is 1. The van der Waals surface area contributed by atoms with Gasteiger partial charge in [0.05, 0.1) is 11.8 Å². The number of amides is 1. The second kappa shape index (κ2) is 4.93. The maximum absolute atomic E-state index is 12.0. The van der Waals surface area contributed by atoms with E-state index in [9.17, 15) is 9.90 Å². The van der Waals surface area contributed by atoms with Crippen LogP contribution in [0.15, 0.2) is 0 Å². The normalized spacial score (nSPS) is 17.6. The number of carbonyl (C=O) groups is 1. The third kappa shape index (κ3) is 3.05. The van der Waals surface area contributed by atoms with Crippen LogP contribution in [-0.4, -0.2) is 33.2 Å². The molecule has 1 heterocycles. The summed E-state index contributed by atoms with van der Waals surface area (Å²) < 4.78 is 3.85. The minimum Gasteiger partial charge on any atom is -0.391 e. The molecule has 0 radical (unpaired) electrons.